The largest absolute Gasteiger partial charge is 0.496 e. The number of amides is 3. The number of rotatable bonds is 4. The molecule has 0 spiro atoms. The van der Waals surface area contributed by atoms with Crippen LogP contribution < -0.4 is 10.1 Å². The Kier molecular flexibility index (Phi) is 4.27. The molecule has 0 bridgehead atoms. The summed E-state index contributed by atoms with van der Waals surface area (Å²) in [7, 11) is 3.02. The zero-order valence-electron chi connectivity index (χ0n) is 14.3. The molecule has 2 aromatic rings. The number of nitrogens with one attached hydrogen (secondary N) is 1. The van der Waals surface area contributed by atoms with Crippen LogP contribution in [0.3, 0.4) is 0 Å². The number of hydrogen-bond donors (Lipinski definition) is 1. The zero-order chi connectivity index (χ0) is 18.1. The van der Waals surface area contributed by atoms with Crippen LogP contribution in [0.2, 0.25) is 0 Å². The van der Waals surface area contributed by atoms with Crippen molar-refractivity contribution in [3.63, 3.8) is 0 Å². The van der Waals surface area contributed by atoms with Crippen LogP contribution in [0.15, 0.2) is 36.4 Å². The summed E-state index contributed by atoms with van der Waals surface area (Å²) in [6, 6.07) is 10.4. The van der Waals surface area contributed by atoms with E-state index in [0.717, 1.165) is 21.8 Å². The van der Waals surface area contributed by atoms with Gasteiger partial charge in [-0.15, -0.1) is 0 Å². The molecule has 0 fully saturated rings. The normalized spacial score (nSPS) is 13.0. The highest BCUT2D eigenvalue weighted by molar-refractivity contribution is 6.24. The first kappa shape index (κ1) is 16.7. The predicted molar refractivity (Wildman–Crippen MR) is 92.9 cm³/mol. The Morgan fingerprint density at radius 2 is 1.92 bits per heavy atom. The molecule has 25 heavy (non-hydrogen) atoms. The first-order valence-corrected chi connectivity index (χ1v) is 7.81. The van der Waals surface area contributed by atoms with Gasteiger partial charge < -0.3 is 10.1 Å². The molecule has 6 heteroatoms. The molecule has 0 saturated heterocycles. The van der Waals surface area contributed by atoms with Crippen molar-refractivity contribution in [2.45, 2.75) is 13.3 Å². The third-order valence-electron chi connectivity index (χ3n) is 4.22. The maximum Gasteiger partial charge on any atom is 0.263 e. The van der Waals surface area contributed by atoms with E-state index < -0.39 is 5.91 Å². The molecule has 0 atom stereocenters. The van der Waals surface area contributed by atoms with Gasteiger partial charge in [-0.1, -0.05) is 18.2 Å². The lowest BCUT2D eigenvalue weighted by Crippen LogP contribution is -2.24. The summed E-state index contributed by atoms with van der Waals surface area (Å²) in [5.74, 6) is -0.261. The topological polar surface area (TPSA) is 75.7 Å². The molecule has 1 heterocycles. The van der Waals surface area contributed by atoms with Gasteiger partial charge in [0.25, 0.3) is 11.8 Å². The van der Waals surface area contributed by atoms with Gasteiger partial charge >= 0.3 is 0 Å². The number of aryl methyl sites for hydroxylation is 1. The van der Waals surface area contributed by atoms with Gasteiger partial charge in [-0.3, -0.25) is 19.3 Å². The second kappa shape index (κ2) is 6.39. The highest BCUT2D eigenvalue weighted by atomic mass is 16.5. The molecule has 1 aliphatic rings. The van der Waals surface area contributed by atoms with Gasteiger partial charge in [-0.25, -0.2) is 0 Å². The number of nitrogens with zero attached hydrogens (tertiary/aromatic N) is 1. The van der Waals surface area contributed by atoms with E-state index in [1.54, 1.807) is 25.3 Å². The number of benzene rings is 2. The third kappa shape index (κ3) is 2.98. The van der Waals surface area contributed by atoms with Gasteiger partial charge in [0.2, 0.25) is 5.91 Å². The van der Waals surface area contributed by atoms with Crippen LogP contribution in [-0.4, -0.2) is 36.8 Å². The Hall–Kier alpha value is -3.15. The fourth-order valence-corrected chi connectivity index (χ4v) is 2.94. The SMILES string of the molecule is COc1ccc(CC(=O)Nc2cccc3c2C(=O)N(C)C3=O)cc1C. The second-order valence-electron chi connectivity index (χ2n) is 5.93. The van der Waals surface area contributed by atoms with Crippen LogP contribution in [0.4, 0.5) is 5.69 Å². The van der Waals surface area contributed by atoms with E-state index in [9.17, 15) is 14.4 Å². The Labute approximate surface area is 145 Å². The lowest BCUT2D eigenvalue weighted by atomic mass is 10.1. The summed E-state index contributed by atoms with van der Waals surface area (Å²) >= 11 is 0. The Morgan fingerprint density at radius 1 is 1.16 bits per heavy atom. The zero-order valence-corrected chi connectivity index (χ0v) is 14.3. The van der Waals surface area contributed by atoms with Crippen molar-refractivity contribution in [3.05, 3.63) is 58.7 Å². The lowest BCUT2D eigenvalue weighted by molar-refractivity contribution is -0.115. The summed E-state index contributed by atoms with van der Waals surface area (Å²) in [6.07, 6.45) is 0.159. The van der Waals surface area contributed by atoms with Gasteiger partial charge in [-0.2, -0.15) is 0 Å². The Balaban J connectivity index is 1.80. The molecule has 3 rings (SSSR count). The molecule has 1 N–H and O–H groups in total. The molecule has 3 amide bonds. The molecule has 1 aliphatic heterocycles. The number of imide groups is 1. The molecule has 6 nitrogen and oxygen atoms in total. The molecule has 2 aromatic carbocycles. The van der Waals surface area contributed by atoms with Crippen molar-refractivity contribution in [1.29, 1.82) is 0 Å². The lowest BCUT2D eigenvalue weighted by Gasteiger charge is -2.10. The number of fused-ring (bicyclic) bond motifs is 1. The fraction of sp³-hybridized carbons (Fsp3) is 0.211. The van der Waals surface area contributed by atoms with Crippen molar-refractivity contribution in [2.75, 3.05) is 19.5 Å². The summed E-state index contributed by atoms with van der Waals surface area (Å²) in [6.45, 7) is 1.91. The molecule has 0 aliphatic carbocycles. The summed E-state index contributed by atoms with van der Waals surface area (Å²) in [5, 5.41) is 2.74. The minimum atomic E-state index is -0.406. The molecule has 0 unspecified atom stereocenters. The Bertz CT molecular complexity index is 889. The maximum absolute atomic E-state index is 12.4. The third-order valence-corrected chi connectivity index (χ3v) is 4.22. The minimum Gasteiger partial charge on any atom is -0.496 e. The maximum atomic E-state index is 12.4. The molecule has 0 aromatic heterocycles. The monoisotopic (exact) mass is 338 g/mol. The molecular formula is C19H18N2O4. The van der Waals surface area contributed by atoms with Crippen LogP contribution in [0.1, 0.15) is 31.8 Å². The minimum absolute atomic E-state index is 0.159. The fourth-order valence-electron chi connectivity index (χ4n) is 2.94. The van der Waals surface area contributed by atoms with E-state index in [0.29, 0.717) is 11.3 Å². The number of ether oxygens (including phenoxy) is 1. The smallest absolute Gasteiger partial charge is 0.263 e. The van der Waals surface area contributed by atoms with Gasteiger partial charge in [0, 0.05) is 7.05 Å². The van der Waals surface area contributed by atoms with E-state index >= 15 is 0 Å². The first-order chi connectivity index (χ1) is 11.9. The second-order valence-corrected chi connectivity index (χ2v) is 5.93. The van der Waals surface area contributed by atoms with Gasteiger partial charge in [0.05, 0.1) is 30.3 Å². The number of carbonyl (C=O) groups excluding carboxylic acids is 3. The van der Waals surface area contributed by atoms with Gasteiger partial charge in [-0.05, 0) is 36.2 Å². The highest BCUT2D eigenvalue weighted by Crippen LogP contribution is 2.28. The van der Waals surface area contributed by atoms with E-state index in [4.69, 9.17) is 4.74 Å². The van der Waals surface area contributed by atoms with Crippen LogP contribution in [0.25, 0.3) is 0 Å². The van der Waals surface area contributed by atoms with Crippen molar-refractivity contribution >= 4 is 23.4 Å². The molecule has 0 radical (unpaired) electrons. The standard InChI is InChI=1S/C19H18N2O4/c1-11-9-12(7-8-15(11)25-3)10-16(22)20-14-6-4-5-13-17(14)19(24)21(2)18(13)23/h4-9H,10H2,1-3H3,(H,20,22). The first-order valence-electron chi connectivity index (χ1n) is 7.81. The van der Waals surface area contributed by atoms with E-state index in [-0.39, 0.29) is 23.8 Å². The van der Waals surface area contributed by atoms with Crippen molar-refractivity contribution in [2.24, 2.45) is 0 Å². The summed E-state index contributed by atoms with van der Waals surface area (Å²) < 4.78 is 5.21. The summed E-state index contributed by atoms with van der Waals surface area (Å²) in [4.78, 5) is 37.7. The van der Waals surface area contributed by atoms with E-state index in [2.05, 4.69) is 5.32 Å². The number of methoxy groups -OCH3 is 1. The molecule has 128 valence electrons. The van der Waals surface area contributed by atoms with Crippen molar-refractivity contribution in [1.82, 2.24) is 4.90 Å². The number of hydrogen-bond acceptors (Lipinski definition) is 4. The predicted octanol–water partition coefficient (Wildman–Crippen LogP) is 2.41. The summed E-state index contributed by atoms with van der Waals surface area (Å²) in [5.41, 5.74) is 2.69. The van der Waals surface area contributed by atoms with E-state index in [1.807, 2.05) is 25.1 Å². The quantitative estimate of drug-likeness (QED) is 0.869. The Morgan fingerprint density at radius 3 is 2.60 bits per heavy atom. The number of anilines is 1. The van der Waals surface area contributed by atoms with Crippen molar-refractivity contribution in [3.8, 4) is 5.75 Å². The van der Waals surface area contributed by atoms with Crippen LogP contribution in [-0.2, 0) is 11.2 Å². The number of carbonyl (C=O) groups is 3. The van der Waals surface area contributed by atoms with Crippen molar-refractivity contribution < 1.29 is 19.1 Å². The van der Waals surface area contributed by atoms with Crippen LogP contribution in [0.5, 0.6) is 5.75 Å². The van der Waals surface area contributed by atoms with E-state index in [1.165, 1.54) is 7.05 Å². The van der Waals surface area contributed by atoms with Crippen LogP contribution >= 0.6 is 0 Å². The van der Waals surface area contributed by atoms with Gasteiger partial charge in [0.1, 0.15) is 5.75 Å². The molecule has 0 saturated carbocycles. The highest BCUT2D eigenvalue weighted by Gasteiger charge is 2.35. The average molecular weight is 338 g/mol. The molecular weight excluding hydrogens is 320 g/mol. The van der Waals surface area contributed by atoms with Gasteiger partial charge in [0.15, 0.2) is 0 Å². The average Bonchev–Trinajstić information content (AvgIpc) is 2.80. The van der Waals surface area contributed by atoms with Crippen LogP contribution in [0, 0.1) is 6.92 Å².